The number of carbonyl (C=O) groups is 1. The monoisotopic (exact) mass is 396 g/mol. The van der Waals surface area contributed by atoms with E-state index in [1.165, 1.54) is 6.07 Å². The van der Waals surface area contributed by atoms with E-state index in [4.69, 9.17) is 19.6 Å². The van der Waals surface area contributed by atoms with Crippen molar-refractivity contribution in [2.75, 3.05) is 32.8 Å². The van der Waals surface area contributed by atoms with Crippen molar-refractivity contribution in [1.29, 1.82) is 0 Å². The number of piperidine rings is 1. The van der Waals surface area contributed by atoms with Gasteiger partial charge in [-0.1, -0.05) is 0 Å². The summed E-state index contributed by atoms with van der Waals surface area (Å²) in [5.74, 6) is 0.445. The highest BCUT2D eigenvalue weighted by molar-refractivity contribution is 5.85. The molecule has 8 heteroatoms. The van der Waals surface area contributed by atoms with Gasteiger partial charge in [0.25, 0.3) is 5.91 Å². The molecule has 0 radical (unpaired) electrons. The Morgan fingerprint density at radius 1 is 1.22 bits per heavy atom. The van der Waals surface area contributed by atoms with Gasteiger partial charge in [0.1, 0.15) is 11.3 Å². The fourth-order valence-corrected chi connectivity index (χ4v) is 2.97. The third-order valence-corrected chi connectivity index (χ3v) is 4.45. The van der Waals surface area contributed by atoms with E-state index in [-0.39, 0.29) is 31.0 Å². The maximum atomic E-state index is 12.3. The van der Waals surface area contributed by atoms with Crippen molar-refractivity contribution in [3.8, 4) is 5.75 Å². The van der Waals surface area contributed by atoms with Gasteiger partial charge in [-0.05, 0) is 44.0 Å². The van der Waals surface area contributed by atoms with Crippen LogP contribution in [0.4, 0.5) is 0 Å². The fraction of sp³-hybridized carbons (Fsp3) is 0.474. The number of fused-ring (bicyclic) bond motifs is 1. The maximum absolute atomic E-state index is 12.3. The lowest BCUT2D eigenvalue weighted by atomic mass is 10.1. The van der Waals surface area contributed by atoms with E-state index in [2.05, 4.69) is 0 Å². The SMILES string of the molecule is Cl.NCCCOC1CCN(C(=O)COc2ccc3ccc(=O)oc3c2)CC1. The highest BCUT2D eigenvalue weighted by Crippen LogP contribution is 2.20. The van der Waals surface area contributed by atoms with Crippen LogP contribution >= 0.6 is 12.4 Å². The molecule has 1 amide bonds. The Kier molecular flexibility index (Phi) is 8.09. The topological polar surface area (TPSA) is 95.0 Å². The quantitative estimate of drug-likeness (QED) is 0.567. The van der Waals surface area contributed by atoms with Crippen LogP contribution in [0.2, 0.25) is 0 Å². The second kappa shape index (κ2) is 10.3. The standard InChI is InChI=1S/C19H24N2O5.ClH/c20-8-1-11-24-15-6-9-21(10-7-15)18(22)13-25-16-4-2-14-3-5-19(23)26-17(14)12-16;/h2-5,12,15H,1,6-11,13,20H2;1H. The molecule has 2 heterocycles. The van der Waals surface area contributed by atoms with E-state index in [0.29, 0.717) is 37.6 Å². The number of benzene rings is 1. The number of amides is 1. The second-order valence-corrected chi connectivity index (χ2v) is 6.34. The van der Waals surface area contributed by atoms with Crippen molar-refractivity contribution >= 4 is 29.3 Å². The molecule has 2 N–H and O–H groups in total. The van der Waals surface area contributed by atoms with E-state index in [1.807, 2.05) is 0 Å². The number of rotatable bonds is 7. The zero-order chi connectivity index (χ0) is 18.4. The Morgan fingerprint density at radius 3 is 2.70 bits per heavy atom. The first-order chi connectivity index (χ1) is 12.7. The first-order valence-electron chi connectivity index (χ1n) is 8.92. The van der Waals surface area contributed by atoms with Gasteiger partial charge < -0.3 is 24.5 Å². The van der Waals surface area contributed by atoms with E-state index in [1.54, 1.807) is 29.2 Å². The molecule has 1 aliphatic heterocycles. The van der Waals surface area contributed by atoms with Crippen LogP contribution in [0.5, 0.6) is 5.75 Å². The molecular formula is C19H25ClN2O5. The zero-order valence-electron chi connectivity index (χ0n) is 15.1. The smallest absolute Gasteiger partial charge is 0.336 e. The van der Waals surface area contributed by atoms with Gasteiger partial charge in [-0.2, -0.15) is 0 Å². The van der Waals surface area contributed by atoms with Crippen molar-refractivity contribution in [3.05, 3.63) is 40.8 Å². The summed E-state index contributed by atoms with van der Waals surface area (Å²) in [5, 5.41) is 0.806. The predicted octanol–water partition coefficient (Wildman–Crippen LogP) is 1.95. The van der Waals surface area contributed by atoms with E-state index < -0.39 is 5.63 Å². The van der Waals surface area contributed by atoms with Gasteiger partial charge >= 0.3 is 5.63 Å². The first-order valence-corrected chi connectivity index (χ1v) is 8.92. The molecule has 3 rings (SSSR count). The van der Waals surface area contributed by atoms with Crippen molar-refractivity contribution in [2.24, 2.45) is 5.73 Å². The van der Waals surface area contributed by atoms with Crippen molar-refractivity contribution < 1.29 is 18.7 Å². The number of ether oxygens (including phenoxy) is 2. The molecule has 1 aliphatic rings. The van der Waals surface area contributed by atoms with E-state index >= 15 is 0 Å². The molecule has 27 heavy (non-hydrogen) atoms. The number of nitrogens with two attached hydrogens (primary N) is 1. The van der Waals surface area contributed by atoms with Gasteiger partial charge in [0.15, 0.2) is 6.61 Å². The highest BCUT2D eigenvalue weighted by Gasteiger charge is 2.23. The number of hydrogen-bond donors (Lipinski definition) is 1. The van der Waals surface area contributed by atoms with Gasteiger partial charge in [0, 0.05) is 37.2 Å². The van der Waals surface area contributed by atoms with Crippen LogP contribution in [0.3, 0.4) is 0 Å². The third kappa shape index (κ3) is 5.95. The third-order valence-electron chi connectivity index (χ3n) is 4.45. The minimum absolute atomic E-state index is 0. The molecule has 0 atom stereocenters. The minimum atomic E-state index is -0.415. The summed E-state index contributed by atoms with van der Waals surface area (Å²) < 4.78 is 16.4. The molecule has 1 aromatic heterocycles. The average molecular weight is 397 g/mol. The summed E-state index contributed by atoms with van der Waals surface area (Å²) in [6.07, 6.45) is 2.73. The maximum Gasteiger partial charge on any atom is 0.336 e. The summed E-state index contributed by atoms with van der Waals surface area (Å²) in [6, 6.07) is 8.24. The van der Waals surface area contributed by atoms with Gasteiger partial charge in [-0.25, -0.2) is 4.79 Å². The number of nitrogens with zero attached hydrogens (tertiary/aromatic N) is 1. The van der Waals surface area contributed by atoms with Gasteiger partial charge in [0.2, 0.25) is 0 Å². The van der Waals surface area contributed by atoms with Crippen LogP contribution in [-0.4, -0.2) is 49.8 Å². The number of likely N-dealkylation sites (tertiary alicyclic amines) is 1. The molecule has 0 bridgehead atoms. The number of hydrogen-bond acceptors (Lipinski definition) is 6. The van der Waals surface area contributed by atoms with E-state index in [0.717, 1.165) is 24.6 Å². The zero-order valence-corrected chi connectivity index (χ0v) is 15.9. The molecule has 1 aromatic carbocycles. The fourth-order valence-electron chi connectivity index (χ4n) is 2.97. The van der Waals surface area contributed by atoms with Crippen LogP contribution in [0.15, 0.2) is 39.5 Å². The normalized spacial score (nSPS) is 14.8. The van der Waals surface area contributed by atoms with Gasteiger partial charge in [-0.15, -0.1) is 12.4 Å². The summed E-state index contributed by atoms with van der Waals surface area (Å²) >= 11 is 0. The highest BCUT2D eigenvalue weighted by atomic mass is 35.5. The molecule has 0 saturated carbocycles. The molecule has 0 aliphatic carbocycles. The van der Waals surface area contributed by atoms with Crippen LogP contribution < -0.4 is 16.1 Å². The largest absolute Gasteiger partial charge is 0.484 e. The van der Waals surface area contributed by atoms with Crippen molar-refractivity contribution in [1.82, 2.24) is 4.90 Å². The van der Waals surface area contributed by atoms with Crippen LogP contribution in [-0.2, 0) is 9.53 Å². The average Bonchev–Trinajstić information content (AvgIpc) is 2.66. The Morgan fingerprint density at radius 2 is 1.96 bits per heavy atom. The Bertz CT molecular complexity index is 802. The first kappa shape index (κ1) is 21.2. The molecule has 0 spiro atoms. The van der Waals surface area contributed by atoms with Crippen molar-refractivity contribution in [3.63, 3.8) is 0 Å². The molecule has 1 fully saturated rings. The second-order valence-electron chi connectivity index (χ2n) is 6.34. The summed E-state index contributed by atoms with van der Waals surface area (Å²) in [4.78, 5) is 25.4. The van der Waals surface area contributed by atoms with Gasteiger partial charge in [-0.3, -0.25) is 4.79 Å². The predicted molar refractivity (Wildman–Crippen MR) is 104 cm³/mol. The summed E-state index contributed by atoms with van der Waals surface area (Å²) in [6.45, 7) is 2.61. The molecular weight excluding hydrogens is 372 g/mol. The number of carbonyl (C=O) groups excluding carboxylic acids is 1. The Hall–Kier alpha value is -2.09. The number of halogens is 1. The molecule has 1 saturated heterocycles. The molecule has 7 nitrogen and oxygen atoms in total. The molecule has 2 aromatic rings. The van der Waals surface area contributed by atoms with Crippen LogP contribution in [0.1, 0.15) is 19.3 Å². The van der Waals surface area contributed by atoms with Gasteiger partial charge in [0.05, 0.1) is 6.10 Å². The Labute approximate surface area is 163 Å². The van der Waals surface area contributed by atoms with E-state index in [9.17, 15) is 9.59 Å². The van der Waals surface area contributed by atoms with Crippen LogP contribution in [0.25, 0.3) is 11.0 Å². The Balaban J connectivity index is 0.00000261. The molecule has 0 unspecified atom stereocenters. The lowest BCUT2D eigenvalue weighted by molar-refractivity contribution is -0.136. The summed E-state index contributed by atoms with van der Waals surface area (Å²) in [5.41, 5.74) is 5.49. The lowest BCUT2D eigenvalue weighted by Gasteiger charge is -2.31. The minimum Gasteiger partial charge on any atom is -0.484 e. The van der Waals surface area contributed by atoms with Crippen LogP contribution in [0, 0.1) is 0 Å². The van der Waals surface area contributed by atoms with Crippen molar-refractivity contribution in [2.45, 2.75) is 25.4 Å². The summed E-state index contributed by atoms with van der Waals surface area (Å²) in [7, 11) is 0. The molecule has 148 valence electrons. The lowest BCUT2D eigenvalue weighted by Crippen LogP contribution is -2.43.